The van der Waals surface area contributed by atoms with Crippen LogP contribution in [-0.4, -0.2) is 22.6 Å². The molecule has 0 aliphatic carbocycles. The molecule has 80 valence electrons. The molecule has 0 aromatic carbocycles. The highest BCUT2D eigenvalue weighted by molar-refractivity contribution is 5.75. The third-order valence-electron chi connectivity index (χ3n) is 2.73. The highest BCUT2D eigenvalue weighted by Crippen LogP contribution is 2.14. The zero-order chi connectivity index (χ0) is 10.8. The Morgan fingerprint density at radius 2 is 2.20 bits per heavy atom. The molecule has 0 aliphatic rings. The highest BCUT2D eigenvalue weighted by atomic mass is 15.0. The average molecular weight is 203 g/mol. The van der Waals surface area contributed by atoms with Crippen molar-refractivity contribution in [2.24, 2.45) is 0 Å². The molecule has 2 heterocycles. The first kappa shape index (κ1) is 10.2. The number of nitrogens with one attached hydrogen (secondary N) is 1. The normalized spacial score (nSPS) is 13.3. The molecule has 1 atom stereocenters. The molecule has 0 amide bonds. The molecule has 0 aliphatic heterocycles. The second kappa shape index (κ2) is 4.03. The van der Waals surface area contributed by atoms with Gasteiger partial charge < -0.3 is 9.88 Å². The topological polar surface area (TPSA) is 29.9 Å². The van der Waals surface area contributed by atoms with Gasteiger partial charge in [-0.2, -0.15) is 0 Å². The summed E-state index contributed by atoms with van der Waals surface area (Å²) in [6.45, 7) is 5.17. The molecule has 0 unspecified atom stereocenters. The van der Waals surface area contributed by atoms with Gasteiger partial charge in [-0.15, -0.1) is 0 Å². The molecule has 2 rings (SSSR count). The van der Waals surface area contributed by atoms with Gasteiger partial charge in [0.25, 0.3) is 0 Å². The molecule has 2 aromatic rings. The quantitative estimate of drug-likeness (QED) is 0.826. The van der Waals surface area contributed by atoms with Crippen molar-refractivity contribution in [3.8, 4) is 0 Å². The van der Waals surface area contributed by atoms with Gasteiger partial charge in [0.05, 0.1) is 11.0 Å². The van der Waals surface area contributed by atoms with Crippen molar-refractivity contribution in [1.29, 1.82) is 0 Å². The van der Waals surface area contributed by atoms with Crippen LogP contribution in [0.5, 0.6) is 0 Å². The molecule has 0 fully saturated rings. The van der Waals surface area contributed by atoms with E-state index < -0.39 is 0 Å². The smallest absolute Gasteiger partial charge is 0.0884 e. The monoisotopic (exact) mass is 203 g/mol. The number of hydrogen-bond acceptors (Lipinski definition) is 2. The van der Waals surface area contributed by atoms with Gasteiger partial charge in [-0.05, 0) is 39.1 Å². The average Bonchev–Trinajstić information content (AvgIpc) is 2.60. The van der Waals surface area contributed by atoms with Crippen LogP contribution in [0.3, 0.4) is 0 Å². The summed E-state index contributed by atoms with van der Waals surface area (Å²) in [6, 6.07) is 6.75. The second-order valence-electron chi connectivity index (χ2n) is 4.01. The van der Waals surface area contributed by atoms with Crippen molar-refractivity contribution in [3.63, 3.8) is 0 Å². The van der Waals surface area contributed by atoms with E-state index >= 15 is 0 Å². The lowest BCUT2D eigenvalue weighted by molar-refractivity contribution is 0.525. The van der Waals surface area contributed by atoms with Gasteiger partial charge in [-0.25, -0.2) is 0 Å². The van der Waals surface area contributed by atoms with E-state index in [0.717, 1.165) is 17.8 Å². The number of nitrogens with zero attached hydrogens (tertiary/aromatic N) is 2. The van der Waals surface area contributed by atoms with Crippen LogP contribution in [0.4, 0.5) is 0 Å². The Hall–Kier alpha value is -1.35. The van der Waals surface area contributed by atoms with E-state index in [1.807, 2.05) is 14.0 Å². The third kappa shape index (κ3) is 2.02. The predicted molar refractivity (Wildman–Crippen MR) is 63.0 cm³/mol. The van der Waals surface area contributed by atoms with E-state index in [1.54, 1.807) is 0 Å². The summed E-state index contributed by atoms with van der Waals surface area (Å²) < 4.78 is 2.24. The maximum Gasteiger partial charge on any atom is 0.0884 e. The number of aryl methyl sites for hydroxylation is 1. The van der Waals surface area contributed by atoms with E-state index in [9.17, 15) is 0 Å². The summed E-state index contributed by atoms with van der Waals surface area (Å²) in [5, 5.41) is 3.24. The largest absolute Gasteiger partial charge is 0.345 e. The lowest BCUT2D eigenvalue weighted by atomic mass is 10.3. The number of hydrogen-bond donors (Lipinski definition) is 1. The van der Waals surface area contributed by atoms with E-state index in [2.05, 4.69) is 46.2 Å². The number of aromatic nitrogens is 2. The standard InChI is InChI=1S/C12H17N3/c1-9-4-5-12-11(14-9)6-7-15(12)8-10(2)13-3/h4-7,10,13H,8H2,1-3H3/t10-/m1/s1. The Morgan fingerprint density at radius 1 is 1.40 bits per heavy atom. The van der Waals surface area contributed by atoms with Gasteiger partial charge in [-0.1, -0.05) is 0 Å². The second-order valence-corrected chi connectivity index (χ2v) is 4.01. The Morgan fingerprint density at radius 3 is 2.93 bits per heavy atom. The number of rotatable bonds is 3. The van der Waals surface area contributed by atoms with Crippen LogP contribution >= 0.6 is 0 Å². The summed E-state index contributed by atoms with van der Waals surface area (Å²) in [7, 11) is 1.98. The van der Waals surface area contributed by atoms with Gasteiger partial charge >= 0.3 is 0 Å². The molecule has 2 aromatic heterocycles. The molecular weight excluding hydrogens is 186 g/mol. The zero-order valence-corrected chi connectivity index (χ0v) is 9.49. The van der Waals surface area contributed by atoms with E-state index in [-0.39, 0.29) is 0 Å². The minimum Gasteiger partial charge on any atom is -0.345 e. The summed E-state index contributed by atoms with van der Waals surface area (Å²) in [4.78, 5) is 4.49. The van der Waals surface area contributed by atoms with Gasteiger partial charge in [0.1, 0.15) is 0 Å². The Labute approximate surface area is 90.1 Å². The highest BCUT2D eigenvalue weighted by Gasteiger charge is 2.04. The van der Waals surface area contributed by atoms with Crippen molar-refractivity contribution in [1.82, 2.24) is 14.9 Å². The van der Waals surface area contributed by atoms with Crippen LogP contribution in [0.1, 0.15) is 12.6 Å². The van der Waals surface area contributed by atoms with Gasteiger partial charge in [-0.3, -0.25) is 4.98 Å². The molecule has 0 spiro atoms. The molecule has 1 N–H and O–H groups in total. The zero-order valence-electron chi connectivity index (χ0n) is 9.49. The van der Waals surface area contributed by atoms with Gasteiger partial charge in [0.2, 0.25) is 0 Å². The van der Waals surface area contributed by atoms with Crippen molar-refractivity contribution < 1.29 is 0 Å². The first-order valence-electron chi connectivity index (χ1n) is 5.30. The number of fused-ring (bicyclic) bond motifs is 1. The molecule has 0 saturated heterocycles. The van der Waals surface area contributed by atoms with Crippen LogP contribution in [0.15, 0.2) is 24.4 Å². The summed E-state index contributed by atoms with van der Waals surface area (Å²) >= 11 is 0. The van der Waals surface area contributed by atoms with Crippen LogP contribution in [-0.2, 0) is 6.54 Å². The van der Waals surface area contributed by atoms with E-state index in [4.69, 9.17) is 0 Å². The summed E-state index contributed by atoms with van der Waals surface area (Å²) in [5.74, 6) is 0. The molecule has 3 heteroatoms. The third-order valence-corrected chi connectivity index (χ3v) is 2.73. The van der Waals surface area contributed by atoms with Crippen LogP contribution in [0.2, 0.25) is 0 Å². The summed E-state index contributed by atoms with van der Waals surface area (Å²) in [5.41, 5.74) is 3.36. The van der Waals surface area contributed by atoms with E-state index in [0.29, 0.717) is 6.04 Å². The fourth-order valence-electron chi connectivity index (χ4n) is 1.72. The minimum absolute atomic E-state index is 0.474. The van der Waals surface area contributed by atoms with Crippen LogP contribution in [0.25, 0.3) is 11.0 Å². The van der Waals surface area contributed by atoms with Crippen molar-refractivity contribution in [3.05, 3.63) is 30.1 Å². The lowest BCUT2D eigenvalue weighted by Crippen LogP contribution is -2.26. The Kier molecular flexibility index (Phi) is 2.73. The van der Waals surface area contributed by atoms with Gasteiger partial charge in [0.15, 0.2) is 0 Å². The van der Waals surface area contributed by atoms with Crippen molar-refractivity contribution in [2.75, 3.05) is 7.05 Å². The Balaban J connectivity index is 2.36. The van der Waals surface area contributed by atoms with Crippen LogP contribution < -0.4 is 5.32 Å². The lowest BCUT2D eigenvalue weighted by Gasteiger charge is -2.12. The van der Waals surface area contributed by atoms with Crippen molar-refractivity contribution in [2.45, 2.75) is 26.4 Å². The first-order valence-corrected chi connectivity index (χ1v) is 5.30. The minimum atomic E-state index is 0.474. The Bertz CT molecular complexity index is 459. The van der Waals surface area contributed by atoms with Gasteiger partial charge in [0, 0.05) is 24.5 Å². The molecular formula is C12H17N3. The summed E-state index contributed by atoms with van der Waals surface area (Å²) in [6.07, 6.45) is 2.10. The fourth-order valence-corrected chi connectivity index (χ4v) is 1.72. The first-order chi connectivity index (χ1) is 7.20. The molecule has 0 saturated carbocycles. The fraction of sp³-hybridized carbons (Fsp3) is 0.417. The number of pyridine rings is 1. The maximum absolute atomic E-state index is 4.49. The molecule has 0 bridgehead atoms. The number of likely N-dealkylation sites (N-methyl/N-ethyl adjacent to an activating group) is 1. The van der Waals surface area contributed by atoms with Crippen LogP contribution in [0, 0.1) is 6.92 Å². The molecule has 0 radical (unpaired) electrons. The SMILES string of the molecule is CN[C@H](C)Cn1ccc2nc(C)ccc21. The predicted octanol–water partition coefficient (Wildman–Crippen LogP) is 1.95. The maximum atomic E-state index is 4.49. The van der Waals surface area contributed by atoms with E-state index in [1.165, 1.54) is 5.52 Å². The molecule has 3 nitrogen and oxygen atoms in total. The molecule has 15 heavy (non-hydrogen) atoms. The van der Waals surface area contributed by atoms with Crippen molar-refractivity contribution >= 4 is 11.0 Å².